The highest BCUT2D eigenvalue weighted by Gasteiger charge is 2.24. The molecule has 1 aliphatic carbocycles. The number of nitrogens with zero attached hydrogens (tertiary/aromatic N) is 3. The lowest BCUT2D eigenvalue weighted by Gasteiger charge is -2.30. The molecule has 23 heavy (non-hydrogen) atoms. The summed E-state index contributed by atoms with van der Waals surface area (Å²) in [5, 5.41) is 17.3. The smallest absolute Gasteiger partial charge is 0.180 e. The van der Waals surface area contributed by atoms with Gasteiger partial charge in [0, 0.05) is 12.5 Å². The van der Waals surface area contributed by atoms with Gasteiger partial charge in [-0.1, -0.05) is 26.7 Å². The van der Waals surface area contributed by atoms with Crippen LogP contribution in [0.5, 0.6) is 0 Å². The molecule has 1 saturated carbocycles. The fourth-order valence-corrected chi connectivity index (χ4v) is 3.41. The minimum atomic E-state index is 0.0548. The van der Waals surface area contributed by atoms with Crippen molar-refractivity contribution in [1.82, 2.24) is 9.61 Å². The molecule has 2 atom stereocenters. The first-order valence-electron chi connectivity index (χ1n) is 8.36. The number of hydrogen-bond acceptors (Lipinski definition) is 4. The average molecular weight is 310 g/mol. The zero-order chi connectivity index (χ0) is 16.4. The predicted octanol–water partition coefficient (Wildman–Crippen LogP) is 3.79. The fraction of sp³-hybridized carbons (Fsp3) is 0.500. The molecule has 0 radical (unpaired) electrons. The summed E-state index contributed by atoms with van der Waals surface area (Å²) < 4.78 is 1.66. The average Bonchev–Trinajstić information content (AvgIpc) is 3.00. The number of rotatable bonds is 4. The van der Waals surface area contributed by atoms with Gasteiger partial charge in [-0.2, -0.15) is 10.4 Å². The number of fused-ring (bicyclic) bond motifs is 1. The van der Waals surface area contributed by atoms with Crippen molar-refractivity contribution in [3.05, 3.63) is 29.6 Å². The summed E-state index contributed by atoms with van der Waals surface area (Å²) in [7, 11) is 0. The molecule has 2 aromatic heterocycles. The second-order valence-electron chi connectivity index (χ2n) is 6.35. The van der Waals surface area contributed by atoms with Gasteiger partial charge in [-0.3, -0.25) is 4.79 Å². The summed E-state index contributed by atoms with van der Waals surface area (Å²) in [4.78, 5) is 12.1. The first kappa shape index (κ1) is 15.5. The number of ketones is 1. The molecule has 2 unspecified atom stereocenters. The van der Waals surface area contributed by atoms with Crippen molar-refractivity contribution < 1.29 is 4.79 Å². The molecule has 0 aliphatic heterocycles. The van der Waals surface area contributed by atoms with Gasteiger partial charge < -0.3 is 5.32 Å². The normalized spacial score (nSPS) is 21.1. The standard InChI is InChI=1S/C18H22N4O/c1-3-17(23)15-8-9-16-18(13(10-19)11-20-22(15)16)21-14-7-5-4-6-12(14)2/h8-9,11-12,14,21H,3-7H2,1-2H3. The first-order chi connectivity index (χ1) is 11.2. The Labute approximate surface area is 136 Å². The van der Waals surface area contributed by atoms with Gasteiger partial charge in [-0.05, 0) is 30.9 Å². The van der Waals surface area contributed by atoms with Crippen molar-refractivity contribution in [3.8, 4) is 6.07 Å². The van der Waals surface area contributed by atoms with E-state index in [-0.39, 0.29) is 5.78 Å². The Morgan fingerprint density at radius 2 is 2.22 bits per heavy atom. The molecule has 1 fully saturated rings. The Kier molecular flexibility index (Phi) is 4.33. The van der Waals surface area contributed by atoms with Crippen LogP contribution in [0, 0.1) is 17.2 Å². The molecule has 120 valence electrons. The Balaban J connectivity index is 2.05. The van der Waals surface area contributed by atoms with Crippen molar-refractivity contribution in [2.45, 2.75) is 52.0 Å². The van der Waals surface area contributed by atoms with Crippen LogP contribution in [0.15, 0.2) is 18.3 Å². The summed E-state index contributed by atoms with van der Waals surface area (Å²) in [5.41, 5.74) is 2.71. The minimum absolute atomic E-state index is 0.0548. The number of nitriles is 1. The highest BCUT2D eigenvalue weighted by atomic mass is 16.1. The molecule has 5 nitrogen and oxygen atoms in total. The maximum atomic E-state index is 12.1. The van der Waals surface area contributed by atoms with Gasteiger partial charge >= 0.3 is 0 Å². The molecular formula is C18H22N4O. The van der Waals surface area contributed by atoms with Gasteiger partial charge in [-0.15, -0.1) is 0 Å². The molecular weight excluding hydrogens is 288 g/mol. The van der Waals surface area contributed by atoms with Crippen LogP contribution in [-0.4, -0.2) is 21.4 Å². The Morgan fingerprint density at radius 3 is 2.91 bits per heavy atom. The predicted molar refractivity (Wildman–Crippen MR) is 89.6 cm³/mol. The number of carbonyl (C=O) groups is 1. The lowest BCUT2D eigenvalue weighted by molar-refractivity contribution is 0.0981. The molecule has 2 heterocycles. The molecule has 1 N–H and O–H groups in total. The third kappa shape index (κ3) is 2.81. The van der Waals surface area contributed by atoms with E-state index in [2.05, 4.69) is 23.4 Å². The van der Waals surface area contributed by atoms with Crippen molar-refractivity contribution in [3.63, 3.8) is 0 Å². The van der Waals surface area contributed by atoms with Gasteiger partial charge in [0.2, 0.25) is 0 Å². The number of nitrogens with one attached hydrogen (secondary N) is 1. The number of anilines is 1. The van der Waals surface area contributed by atoms with Gasteiger partial charge in [0.05, 0.1) is 23.0 Å². The first-order valence-corrected chi connectivity index (χ1v) is 8.36. The molecule has 0 aromatic carbocycles. The van der Waals surface area contributed by atoms with Gasteiger partial charge in [0.15, 0.2) is 5.78 Å². The van der Waals surface area contributed by atoms with Crippen molar-refractivity contribution >= 4 is 17.0 Å². The molecule has 0 bridgehead atoms. The zero-order valence-corrected chi connectivity index (χ0v) is 13.7. The number of carbonyl (C=O) groups excluding carboxylic acids is 1. The Bertz CT molecular complexity index is 771. The minimum Gasteiger partial charge on any atom is -0.379 e. The van der Waals surface area contributed by atoms with Crippen LogP contribution in [-0.2, 0) is 0 Å². The largest absolute Gasteiger partial charge is 0.379 e. The summed E-state index contributed by atoms with van der Waals surface area (Å²) >= 11 is 0. The number of hydrogen-bond donors (Lipinski definition) is 1. The van der Waals surface area contributed by atoms with E-state index >= 15 is 0 Å². The van der Waals surface area contributed by atoms with E-state index in [1.165, 1.54) is 19.3 Å². The fourth-order valence-electron chi connectivity index (χ4n) is 3.41. The molecule has 0 spiro atoms. The van der Waals surface area contributed by atoms with E-state index in [4.69, 9.17) is 0 Å². The van der Waals surface area contributed by atoms with Crippen LogP contribution >= 0.6 is 0 Å². The van der Waals surface area contributed by atoms with E-state index in [0.717, 1.165) is 17.6 Å². The molecule has 1 aliphatic rings. The highest BCUT2D eigenvalue weighted by Crippen LogP contribution is 2.30. The third-order valence-corrected chi connectivity index (χ3v) is 4.85. The third-order valence-electron chi connectivity index (χ3n) is 4.85. The topological polar surface area (TPSA) is 70.2 Å². The Morgan fingerprint density at radius 1 is 1.43 bits per heavy atom. The quantitative estimate of drug-likeness (QED) is 0.872. The molecule has 0 amide bonds. The Hall–Kier alpha value is -2.35. The van der Waals surface area contributed by atoms with E-state index in [1.54, 1.807) is 16.8 Å². The van der Waals surface area contributed by atoms with Crippen LogP contribution in [0.2, 0.25) is 0 Å². The summed E-state index contributed by atoms with van der Waals surface area (Å²) in [6.07, 6.45) is 6.80. The zero-order valence-electron chi connectivity index (χ0n) is 13.7. The monoisotopic (exact) mass is 310 g/mol. The van der Waals surface area contributed by atoms with Crippen LogP contribution < -0.4 is 5.32 Å². The lowest BCUT2D eigenvalue weighted by atomic mass is 9.85. The van der Waals surface area contributed by atoms with Gasteiger partial charge in [0.25, 0.3) is 0 Å². The van der Waals surface area contributed by atoms with Crippen LogP contribution in [0.3, 0.4) is 0 Å². The second-order valence-corrected chi connectivity index (χ2v) is 6.35. The number of aromatic nitrogens is 2. The summed E-state index contributed by atoms with van der Waals surface area (Å²) in [6, 6.07) is 6.26. The van der Waals surface area contributed by atoms with Crippen molar-refractivity contribution in [2.75, 3.05) is 5.32 Å². The molecule has 0 saturated heterocycles. The van der Waals surface area contributed by atoms with Crippen molar-refractivity contribution in [1.29, 1.82) is 5.26 Å². The van der Waals surface area contributed by atoms with Crippen LogP contribution in [0.25, 0.3) is 5.52 Å². The SMILES string of the molecule is CCC(=O)c1ccc2c(NC3CCCCC3C)c(C#N)cnn12. The van der Waals surface area contributed by atoms with Gasteiger partial charge in [-0.25, -0.2) is 4.52 Å². The maximum Gasteiger partial charge on any atom is 0.180 e. The second kappa shape index (κ2) is 6.41. The molecule has 3 rings (SSSR count). The summed E-state index contributed by atoms with van der Waals surface area (Å²) in [5.74, 6) is 0.634. The van der Waals surface area contributed by atoms with E-state index in [9.17, 15) is 10.1 Å². The van der Waals surface area contributed by atoms with Gasteiger partial charge in [0.1, 0.15) is 11.8 Å². The number of Topliss-reactive ketones (excluding diaryl/α,β-unsaturated/α-hetero) is 1. The molecule has 5 heteroatoms. The highest BCUT2D eigenvalue weighted by molar-refractivity contribution is 5.96. The summed E-state index contributed by atoms with van der Waals surface area (Å²) in [6.45, 7) is 4.10. The van der Waals surface area contributed by atoms with E-state index < -0.39 is 0 Å². The lowest BCUT2D eigenvalue weighted by Crippen LogP contribution is -2.31. The van der Waals surface area contributed by atoms with E-state index in [0.29, 0.717) is 29.6 Å². The van der Waals surface area contributed by atoms with Crippen LogP contribution in [0.4, 0.5) is 5.69 Å². The maximum absolute atomic E-state index is 12.1. The van der Waals surface area contributed by atoms with Crippen LogP contribution in [0.1, 0.15) is 62.0 Å². The molecule has 2 aromatic rings. The van der Waals surface area contributed by atoms with E-state index in [1.807, 2.05) is 13.0 Å². The van der Waals surface area contributed by atoms with Crippen molar-refractivity contribution in [2.24, 2.45) is 5.92 Å².